The average Bonchev–Trinajstić information content (AvgIpc) is 2.38. The Labute approximate surface area is 107 Å². The fourth-order valence-electron chi connectivity index (χ4n) is 1.30. The Morgan fingerprint density at radius 3 is 2.78 bits per heavy atom. The van der Waals surface area contributed by atoms with Crippen LogP contribution in [0, 0.1) is 0 Å². The quantitative estimate of drug-likeness (QED) is 0.679. The van der Waals surface area contributed by atoms with Gasteiger partial charge in [0.05, 0.1) is 25.4 Å². The van der Waals surface area contributed by atoms with Gasteiger partial charge in [0.1, 0.15) is 5.82 Å². The Morgan fingerprint density at radius 1 is 1.44 bits per heavy atom. The van der Waals surface area contributed by atoms with Crippen molar-refractivity contribution >= 4 is 11.7 Å². The van der Waals surface area contributed by atoms with Crippen LogP contribution in [0.1, 0.15) is 10.4 Å². The van der Waals surface area contributed by atoms with Gasteiger partial charge in [0.2, 0.25) is 0 Å². The second kappa shape index (κ2) is 7.62. The molecule has 0 saturated heterocycles. The van der Waals surface area contributed by atoms with Gasteiger partial charge in [-0.3, -0.25) is 4.79 Å². The van der Waals surface area contributed by atoms with Crippen LogP contribution in [0.25, 0.3) is 0 Å². The number of carbonyl (C=O) groups is 1. The number of aliphatic hydroxyl groups is 1. The SMILES string of the molecule is CN(C)C(=O)c1ccc(NCCOCCO)nc1. The molecular formula is C12H19N3O3. The lowest BCUT2D eigenvalue weighted by Gasteiger charge is -2.10. The van der Waals surface area contributed by atoms with Crippen LogP contribution >= 0.6 is 0 Å². The Morgan fingerprint density at radius 2 is 2.22 bits per heavy atom. The molecule has 1 aromatic rings. The second-order valence-corrected chi connectivity index (χ2v) is 3.89. The van der Waals surface area contributed by atoms with Gasteiger partial charge in [0.25, 0.3) is 5.91 Å². The van der Waals surface area contributed by atoms with Crippen molar-refractivity contribution in [2.45, 2.75) is 0 Å². The van der Waals surface area contributed by atoms with Gasteiger partial charge < -0.3 is 20.1 Å². The van der Waals surface area contributed by atoms with Gasteiger partial charge in [-0.1, -0.05) is 0 Å². The highest BCUT2D eigenvalue weighted by atomic mass is 16.5. The molecule has 0 aromatic carbocycles. The number of anilines is 1. The summed E-state index contributed by atoms with van der Waals surface area (Å²) in [7, 11) is 3.40. The minimum absolute atomic E-state index is 0.0274. The van der Waals surface area contributed by atoms with Gasteiger partial charge in [-0.25, -0.2) is 4.98 Å². The summed E-state index contributed by atoms with van der Waals surface area (Å²) < 4.78 is 5.10. The first kappa shape index (κ1) is 14.4. The summed E-state index contributed by atoms with van der Waals surface area (Å²) in [6, 6.07) is 3.48. The zero-order chi connectivity index (χ0) is 13.4. The first-order valence-electron chi connectivity index (χ1n) is 5.75. The van der Waals surface area contributed by atoms with Gasteiger partial charge in [-0.15, -0.1) is 0 Å². The highest BCUT2D eigenvalue weighted by Gasteiger charge is 2.07. The molecule has 2 N–H and O–H groups in total. The summed E-state index contributed by atoms with van der Waals surface area (Å²) in [5.74, 6) is 0.623. The number of ether oxygens (including phenoxy) is 1. The van der Waals surface area contributed by atoms with Crippen molar-refractivity contribution in [3.63, 3.8) is 0 Å². The fraction of sp³-hybridized carbons (Fsp3) is 0.500. The van der Waals surface area contributed by atoms with E-state index in [0.717, 1.165) is 0 Å². The smallest absolute Gasteiger partial charge is 0.254 e. The first-order valence-corrected chi connectivity index (χ1v) is 5.75. The minimum atomic E-state index is -0.0691. The van der Waals surface area contributed by atoms with Crippen LogP contribution in [0.3, 0.4) is 0 Å². The molecule has 0 bridgehead atoms. The van der Waals surface area contributed by atoms with Crippen LogP contribution in [-0.4, -0.2) is 61.4 Å². The van der Waals surface area contributed by atoms with E-state index in [1.54, 1.807) is 32.4 Å². The lowest BCUT2D eigenvalue weighted by Crippen LogP contribution is -2.21. The number of hydrogen-bond acceptors (Lipinski definition) is 5. The third-order valence-corrected chi connectivity index (χ3v) is 2.20. The van der Waals surface area contributed by atoms with Crippen molar-refractivity contribution < 1.29 is 14.6 Å². The maximum absolute atomic E-state index is 11.6. The summed E-state index contributed by atoms with van der Waals surface area (Å²) in [4.78, 5) is 17.3. The third-order valence-electron chi connectivity index (χ3n) is 2.20. The monoisotopic (exact) mass is 253 g/mol. The topological polar surface area (TPSA) is 74.7 Å². The number of pyridine rings is 1. The average molecular weight is 253 g/mol. The molecule has 0 saturated carbocycles. The van der Waals surface area contributed by atoms with Crippen molar-refractivity contribution in [2.24, 2.45) is 0 Å². The van der Waals surface area contributed by atoms with Crippen LogP contribution in [0.2, 0.25) is 0 Å². The van der Waals surface area contributed by atoms with Crippen molar-refractivity contribution in [3.8, 4) is 0 Å². The van der Waals surface area contributed by atoms with Gasteiger partial charge >= 0.3 is 0 Å². The summed E-state index contributed by atoms with van der Waals surface area (Å²) in [6.45, 7) is 1.47. The zero-order valence-corrected chi connectivity index (χ0v) is 10.7. The zero-order valence-electron chi connectivity index (χ0n) is 10.7. The van der Waals surface area contributed by atoms with Gasteiger partial charge in [0.15, 0.2) is 0 Å². The van der Waals surface area contributed by atoms with E-state index in [9.17, 15) is 4.79 Å². The molecule has 1 aromatic heterocycles. The van der Waals surface area contributed by atoms with E-state index in [1.165, 1.54) is 4.90 Å². The second-order valence-electron chi connectivity index (χ2n) is 3.89. The van der Waals surface area contributed by atoms with Gasteiger partial charge in [-0.05, 0) is 12.1 Å². The predicted molar refractivity (Wildman–Crippen MR) is 68.6 cm³/mol. The normalized spacial score (nSPS) is 10.2. The largest absolute Gasteiger partial charge is 0.394 e. The maximum atomic E-state index is 11.6. The molecule has 0 atom stereocenters. The molecule has 0 spiro atoms. The molecule has 0 unspecified atom stereocenters. The number of aromatic nitrogens is 1. The molecular weight excluding hydrogens is 234 g/mol. The number of amides is 1. The Balaban J connectivity index is 2.38. The van der Waals surface area contributed by atoms with Crippen molar-refractivity contribution in [2.75, 3.05) is 45.8 Å². The molecule has 0 aliphatic rings. The van der Waals surface area contributed by atoms with Crippen LogP contribution in [-0.2, 0) is 4.74 Å². The van der Waals surface area contributed by atoms with E-state index < -0.39 is 0 Å². The summed E-state index contributed by atoms with van der Waals surface area (Å²) in [6.07, 6.45) is 1.54. The highest BCUT2D eigenvalue weighted by molar-refractivity contribution is 5.93. The molecule has 0 aliphatic carbocycles. The molecule has 6 nitrogen and oxygen atoms in total. The maximum Gasteiger partial charge on any atom is 0.254 e. The van der Waals surface area contributed by atoms with E-state index in [1.807, 2.05) is 0 Å². The minimum Gasteiger partial charge on any atom is -0.394 e. The van der Waals surface area contributed by atoms with Crippen LogP contribution in [0.4, 0.5) is 5.82 Å². The van der Waals surface area contributed by atoms with E-state index in [-0.39, 0.29) is 12.5 Å². The number of hydrogen-bond donors (Lipinski definition) is 2. The Hall–Kier alpha value is -1.66. The fourth-order valence-corrected chi connectivity index (χ4v) is 1.30. The lowest BCUT2D eigenvalue weighted by molar-refractivity contribution is 0.0827. The molecule has 6 heteroatoms. The Kier molecular flexibility index (Phi) is 6.10. The number of aliphatic hydroxyl groups excluding tert-OH is 1. The molecule has 1 heterocycles. The third kappa shape index (κ3) is 4.68. The number of nitrogens with zero attached hydrogens (tertiary/aromatic N) is 2. The van der Waals surface area contributed by atoms with E-state index in [0.29, 0.717) is 31.1 Å². The summed E-state index contributed by atoms with van der Waals surface area (Å²) in [5, 5.41) is 11.6. The van der Waals surface area contributed by atoms with E-state index >= 15 is 0 Å². The summed E-state index contributed by atoms with van der Waals surface area (Å²) in [5.41, 5.74) is 0.557. The molecule has 0 radical (unpaired) electrons. The van der Waals surface area contributed by atoms with Crippen LogP contribution in [0.15, 0.2) is 18.3 Å². The first-order chi connectivity index (χ1) is 8.65. The predicted octanol–water partition coefficient (Wildman–Crippen LogP) is 0.204. The van der Waals surface area contributed by atoms with Crippen LogP contribution < -0.4 is 5.32 Å². The van der Waals surface area contributed by atoms with E-state index in [2.05, 4.69) is 10.3 Å². The van der Waals surface area contributed by atoms with Gasteiger partial charge in [-0.2, -0.15) is 0 Å². The molecule has 1 amide bonds. The highest BCUT2D eigenvalue weighted by Crippen LogP contribution is 2.06. The molecule has 18 heavy (non-hydrogen) atoms. The van der Waals surface area contributed by atoms with E-state index in [4.69, 9.17) is 9.84 Å². The van der Waals surface area contributed by atoms with Gasteiger partial charge in [0, 0.05) is 26.8 Å². The molecule has 100 valence electrons. The van der Waals surface area contributed by atoms with Crippen LogP contribution in [0.5, 0.6) is 0 Å². The molecule has 1 rings (SSSR count). The number of rotatable bonds is 7. The van der Waals surface area contributed by atoms with Crippen molar-refractivity contribution in [1.29, 1.82) is 0 Å². The van der Waals surface area contributed by atoms with Crippen molar-refractivity contribution in [1.82, 2.24) is 9.88 Å². The molecule has 0 aliphatic heterocycles. The lowest BCUT2D eigenvalue weighted by atomic mass is 10.2. The van der Waals surface area contributed by atoms with Crippen molar-refractivity contribution in [3.05, 3.63) is 23.9 Å². The summed E-state index contributed by atoms with van der Waals surface area (Å²) >= 11 is 0. The molecule has 0 fully saturated rings. The number of carbonyl (C=O) groups excluding carboxylic acids is 1. The standard InChI is InChI=1S/C12H19N3O3/c1-15(2)12(17)10-3-4-11(14-9-10)13-5-7-18-8-6-16/h3-4,9,16H,5-8H2,1-2H3,(H,13,14). The Bertz CT molecular complexity index is 365. The number of nitrogens with one attached hydrogen (secondary N) is 1.